The quantitative estimate of drug-likeness (QED) is 0.234. The Kier molecular flexibility index (Phi) is 5.64. The van der Waals surface area contributed by atoms with Gasteiger partial charge in [-0.2, -0.15) is 0 Å². The van der Waals surface area contributed by atoms with Gasteiger partial charge in [0, 0.05) is 33.5 Å². The number of hydrogen-bond acceptors (Lipinski definition) is 1. The summed E-state index contributed by atoms with van der Waals surface area (Å²) in [6.07, 6.45) is 9.01. The molecule has 1 aromatic heterocycles. The lowest BCUT2D eigenvalue weighted by Crippen LogP contribution is -2.16. The molecule has 1 aliphatic rings. The predicted octanol–water partition coefficient (Wildman–Crippen LogP) is 9.82. The first kappa shape index (κ1) is 22.4. The first-order valence-electron chi connectivity index (χ1n) is 13.3. The molecule has 7 rings (SSSR count). The van der Waals surface area contributed by atoms with Gasteiger partial charge in [-0.3, -0.25) is 0 Å². The van der Waals surface area contributed by atoms with Gasteiger partial charge in [-0.05, 0) is 78.6 Å². The number of anilines is 2. The maximum Gasteiger partial charge on any atom is 0.0547 e. The van der Waals surface area contributed by atoms with Gasteiger partial charge >= 0.3 is 0 Å². The highest BCUT2D eigenvalue weighted by atomic mass is 15.1. The Bertz CT molecular complexity index is 1790. The summed E-state index contributed by atoms with van der Waals surface area (Å²) in [6, 6.07) is 45.7. The molecule has 0 atom stereocenters. The summed E-state index contributed by atoms with van der Waals surface area (Å²) < 4.78 is 2.38. The van der Waals surface area contributed by atoms with Crippen molar-refractivity contribution < 1.29 is 0 Å². The van der Waals surface area contributed by atoms with Gasteiger partial charge in [0.15, 0.2) is 0 Å². The van der Waals surface area contributed by atoms with E-state index in [-0.39, 0.29) is 0 Å². The van der Waals surface area contributed by atoms with Gasteiger partial charge in [0.2, 0.25) is 0 Å². The van der Waals surface area contributed by atoms with Crippen molar-refractivity contribution in [2.45, 2.75) is 12.8 Å². The molecule has 2 heteroatoms. The third-order valence-electron chi connectivity index (χ3n) is 7.40. The number of nitrogens with zero attached hydrogens (tertiary/aromatic N) is 2. The maximum absolute atomic E-state index is 2.38. The van der Waals surface area contributed by atoms with Gasteiger partial charge in [0.05, 0.1) is 11.0 Å². The smallest absolute Gasteiger partial charge is 0.0547 e. The predicted molar refractivity (Wildman–Crippen MR) is 161 cm³/mol. The second kappa shape index (κ2) is 9.57. The molecule has 0 bridgehead atoms. The van der Waals surface area contributed by atoms with Gasteiger partial charge in [0.1, 0.15) is 0 Å². The summed E-state index contributed by atoms with van der Waals surface area (Å²) >= 11 is 0. The molecule has 0 radical (unpaired) electrons. The van der Waals surface area contributed by atoms with Crippen LogP contribution < -0.4 is 4.90 Å². The van der Waals surface area contributed by atoms with E-state index in [4.69, 9.17) is 0 Å². The average molecular weight is 489 g/mol. The number of hydrogen-bond donors (Lipinski definition) is 0. The van der Waals surface area contributed by atoms with E-state index in [0.717, 1.165) is 18.5 Å². The number of fused-ring (bicyclic) bond motifs is 3. The first-order chi connectivity index (χ1) is 18.9. The topological polar surface area (TPSA) is 8.17 Å². The van der Waals surface area contributed by atoms with Gasteiger partial charge in [0.25, 0.3) is 0 Å². The molecule has 0 N–H and O–H groups in total. The van der Waals surface area contributed by atoms with E-state index in [2.05, 4.69) is 155 Å². The van der Waals surface area contributed by atoms with Crippen LogP contribution in [0.4, 0.5) is 11.4 Å². The zero-order valence-corrected chi connectivity index (χ0v) is 21.2. The number of rotatable bonds is 5. The lowest BCUT2D eigenvalue weighted by atomic mass is 9.99. The van der Waals surface area contributed by atoms with Crippen molar-refractivity contribution in [2.75, 3.05) is 4.90 Å². The first-order valence-corrected chi connectivity index (χ1v) is 13.3. The minimum atomic E-state index is 1.07. The summed E-state index contributed by atoms with van der Waals surface area (Å²) in [5, 5.41) is 2.56. The van der Waals surface area contributed by atoms with Crippen molar-refractivity contribution in [3.05, 3.63) is 151 Å². The Hall–Kier alpha value is -4.82. The lowest BCUT2D eigenvalue weighted by molar-refractivity contribution is 0.997. The Balaban J connectivity index is 1.38. The van der Waals surface area contributed by atoms with Crippen molar-refractivity contribution >= 4 is 33.2 Å². The third kappa shape index (κ3) is 3.82. The Labute approximate surface area is 223 Å². The number of para-hydroxylation sites is 3. The second-order valence-corrected chi connectivity index (χ2v) is 9.71. The normalized spacial score (nSPS) is 13.1. The fraction of sp³-hybridized carbons (Fsp3) is 0.0556. The molecular weight excluding hydrogens is 460 g/mol. The highest BCUT2D eigenvalue weighted by Crippen LogP contribution is 2.39. The van der Waals surface area contributed by atoms with Crippen molar-refractivity contribution in [1.82, 2.24) is 4.57 Å². The summed E-state index contributed by atoms with van der Waals surface area (Å²) in [5.74, 6) is 0. The molecule has 0 amide bonds. The summed E-state index contributed by atoms with van der Waals surface area (Å²) in [6.45, 7) is 0. The SMILES string of the molecule is C1=CC(N(c2ccccc2)c2ccc(-c3cccc4c3c3ccccc3n4-c3ccccc3)cc2)=CCC1. The molecule has 2 nitrogen and oxygen atoms in total. The van der Waals surface area contributed by atoms with E-state index in [9.17, 15) is 0 Å². The fourth-order valence-electron chi connectivity index (χ4n) is 5.69. The van der Waals surface area contributed by atoms with E-state index in [1.54, 1.807) is 0 Å². The maximum atomic E-state index is 2.38. The highest BCUT2D eigenvalue weighted by Gasteiger charge is 2.17. The van der Waals surface area contributed by atoms with Gasteiger partial charge < -0.3 is 9.47 Å². The summed E-state index contributed by atoms with van der Waals surface area (Å²) in [5.41, 5.74) is 9.66. The van der Waals surface area contributed by atoms with Crippen LogP contribution in [0.3, 0.4) is 0 Å². The summed E-state index contributed by atoms with van der Waals surface area (Å²) in [7, 11) is 0. The van der Waals surface area contributed by atoms with Crippen molar-refractivity contribution in [2.24, 2.45) is 0 Å². The van der Waals surface area contributed by atoms with Crippen LogP contribution in [0.25, 0.3) is 38.6 Å². The van der Waals surface area contributed by atoms with Crippen molar-refractivity contribution in [3.63, 3.8) is 0 Å². The monoisotopic (exact) mass is 488 g/mol. The van der Waals surface area contributed by atoms with E-state index in [1.807, 2.05) is 0 Å². The van der Waals surface area contributed by atoms with Crippen molar-refractivity contribution in [3.8, 4) is 16.8 Å². The fourth-order valence-corrected chi connectivity index (χ4v) is 5.69. The van der Waals surface area contributed by atoms with E-state index in [0.29, 0.717) is 0 Å². The molecule has 1 heterocycles. The zero-order valence-electron chi connectivity index (χ0n) is 21.2. The van der Waals surface area contributed by atoms with Crippen LogP contribution in [0.1, 0.15) is 12.8 Å². The van der Waals surface area contributed by atoms with Crippen LogP contribution in [0.15, 0.2) is 151 Å². The molecule has 38 heavy (non-hydrogen) atoms. The molecule has 182 valence electrons. The highest BCUT2D eigenvalue weighted by molar-refractivity contribution is 6.15. The standard InChI is InChI=1S/C36H28N2/c1-4-13-28(14-5-1)37(29-15-6-2-7-16-29)31-25-23-27(24-26-31)32-20-12-22-35-36(32)33-19-10-11-21-34(33)38(35)30-17-8-3-9-18-30/h1,3-6,8-26H,2,7H2. The minimum Gasteiger partial charge on any atom is -0.311 e. The van der Waals surface area contributed by atoms with E-state index in [1.165, 1.54) is 50.0 Å². The Morgan fingerprint density at radius 3 is 2.00 bits per heavy atom. The second-order valence-electron chi connectivity index (χ2n) is 9.71. The largest absolute Gasteiger partial charge is 0.311 e. The third-order valence-corrected chi connectivity index (χ3v) is 7.40. The van der Waals surface area contributed by atoms with Crippen molar-refractivity contribution in [1.29, 1.82) is 0 Å². The molecule has 0 saturated carbocycles. The number of benzene rings is 5. The van der Waals surface area contributed by atoms with E-state index >= 15 is 0 Å². The molecular formula is C36H28N2. The van der Waals surface area contributed by atoms with Crippen LogP contribution in [0.5, 0.6) is 0 Å². The minimum absolute atomic E-state index is 1.07. The lowest BCUT2D eigenvalue weighted by Gasteiger charge is -2.27. The Morgan fingerprint density at radius 2 is 1.24 bits per heavy atom. The zero-order chi connectivity index (χ0) is 25.3. The van der Waals surface area contributed by atoms with Gasteiger partial charge in [-0.1, -0.05) is 91.0 Å². The van der Waals surface area contributed by atoms with Crippen LogP contribution in [0.2, 0.25) is 0 Å². The van der Waals surface area contributed by atoms with Crippen LogP contribution in [-0.2, 0) is 0 Å². The van der Waals surface area contributed by atoms with E-state index < -0.39 is 0 Å². The molecule has 0 unspecified atom stereocenters. The van der Waals surface area contributed by atoms with Gasteiger partial charge in [-0.25, -0.2) is 0 Å². The van der Waals surface area contributed by atoms with Crippen LogP contribution >= 0.6 is 0 Å². The molecule has 0 aliphatic heterocycles. The molecule has 5 aromatic carbocycles. The number of allylic oxidation sites excluding steroid dienone is 3. The Morgan fingerprint density at radius 1 is 0.553 bits per heavy atom. The average Bonchev–Trinajstić information content (AvgIpc) is 3.34. The number of aromatic nitrogens is 1. The molecule has 6 aromatic rings. The molecule has 1 aliphatic carbocycles. The van der Waals surface area contributed by atoms with Crippen LogP contribution in [-0.4, -0.2) is 4.57 Å². The molecule has 0 spiro atoms. The molecule has 0 saturated heterocycles. The van der Waals surface area contributed by atoms with Gasteiger partial charge in [-0.15, -0.1) is 0 Å². The summed E-state index contributed by atoms with van der Waals surface area (Å²) in [4.78, 5) is 2.35. The molecule has 0 fully saturated rings. The van der Waals surface area contributed by atoms with Crippen LogP contribution in [0, 0.1) is 0 Å².